The summed E-state index contributed by atoms with van der Waals surface area (Å²) in [5.41, 5.74) is 6.09. The van der Waals surface area contributed by atoms with Crippen LogP contribution in [0.4, 0.5) is 0 Å². The third-order valence-electron chi connectivity index (χ3n) is 4.13. The molecule has 0 spiro atoms. The standard InChI is InChI=1S/C17H23N3OS/c18-17(20-9-5-1-2-6-10-20)19-12-14(21)16-11-13-7-3-4-8-15(13)22-16/h3-4,7-8,11,14,21H,1-2,5-6,9-10,12H2,(H2,18,19). The molecule has 0 bridgehead atoms. The Morgan fingerprint density at radius 1 is 1.23 bits per heavy atom. The summed E-state index contributed by atoms with van der Waals surface area (Å²) in [7, 11) is 0. The van der Waals surface area contributed by atoms with Crippen LogP contribution >= 0.6 is 11.3 Å². The van der Waals surface area contributed by atoms with E-state index in [2.05, 4.69) is 22.0 Å². The minimum Gasteiger partial charge on any atom is -0.386 e. The Balaban J connectivity index is 1.65. The molecule has 22 heavy (non-hydrogen) atoms. The minimum absolute atomic E-state index is 0.329. The first-order valence-electron chi connectivity index (χ1n) is 7.95. The first-order chi connectivity index (χ1) is 10.7. The van der Waals surface area contributed by atoms with Crippen LogP contribution < -0.4 is 5.73 Å². The number of nitrogens with zero attached hydrogens (tertiary/aromatic N) is 2. The predicted octanol–water partition coefficient (Wildman–Crippen LogP) is 3.13. The summed E-state index contributed by atoms with van der Waals surface area (Å²) < 4.78 is 1.20. The largest absolute Gasteiger partial charge is 0.386 e. The zero-order valence-corrected chi connectivity index (χ0v) is 13.6. The molecule has 2 heterocycles. The molecule has 4 nitrogen and oxygen atoms in total. The average Bonchev–Trinajstić information content (AvgIpc) is 2.78. The summed E-state index contributed by atoms with van der Waals surface area (Å²) in [4.78, 5) is 7.51. The van der Waals surface area contributed by atoms with Gasteiger partial charge in [0.15, 0.2) is 5.96 Å². The lowest BCUT2D eigenvalue weighted by Gasteiger charge is -2.21. The second-order valence-corrected chi connectivity index (χ2v) is 6.92. The lowest BCUT2D eigenvalue weighted by atomic mass is 10.2. The van der Waals surface area contributed by atoms with E-state index in [1.807, 2.05) is 18.2 Å². The van der Waals surface area contributed by atoms with Gasteiger partial charge in [0.1, 0.15) is 6.10 Å². The molecule has 1 aromatic carbocycles. The Kier molecular flexibility index (Phi) is 4.95. The van der Waals surface area contributed by atoms with Crippen LogP contribution in [-0.2, 0) is 0 Å². The fourth-order valence-electron chi connectivity index (χ4n) is 2.84. The van der Waals surface area contributed by atoms with Gasteiger partial charge in [-0.15, -0.1) is 11.3 Å². The first kappa shape index (κ1) is 15.3. The molecule has 1 aromatic heterocycles. The van der Waals surface area contributed by atoms with E-state index in [4.69, 9.17) is 5.73 Å². The molecule has 3 rings (SSSR count). The zero-order valence-electron chi connectivity index (χ0n) is 12.7. The van der Waals surface area contributed by atoms with E-state index in [-0.39, 0.29) is 0 Å². The maximum Gasteiger partial charge on any atom is 0.191 e. The number of likely N-dealkylation sites (tertiary alicyclic amines) is 1. The van der Waals surface area contributed by atoms with Crippen molar-refractivity contribution >= 4 is 27.4 Å². The van der Waals surface area contributed by atoms with Crippen LogP contribution in [0.5, 0.6) is 0 Å². The number of thiophene rings is 1. The van der Waals surface area contributed by atoms with Gasteiger partial charge in [-0.25, -0.2) is 0 Å². The lowest BCUT2D eigenvalue weighted by molar-refractivity contribution is 0.190. The van der Waals surface area contributed by atoms with E-state index in [1.54, 1.807) is 11.3 Å². The van der Waals surface area contributed by atoms with Gasteiger partial charge < -0.3 is 15.7 Å². The molecule has 1 fully saturated rings. The molecule has 1 atom stereocenters. The zero-order chi connectivity index (χ0) is 15.4. The number of hydrogen-bond acceptors (Lipinski definition) is 3. The number of hydrogen-bond donors (Lipinski definition) is 2. The van der Waals surface area contributed by atoms with Crippen LogP contribution in [0, 0.1) is 0 Å². The van der Waals surface area contributed by atoms with Gasteiger partial charge in [-0.3, -0.25) is 4.99 Å². The first-order valence-corrected chi connectivity index (χ1v) is 8.77. The average molecular weight is 317 g/mol. The minimum atomic E-state index is -0.581. The van der Waals surface area contributed by atoms with Gasteiger partial charge in [0, 0.05) is 22.7 Å². The van der Waals surface area contributed by atoms with Gasteiger partial charge in [-0.1, -0.05) is 31.0 Å². The quantitative estimate of drug-likeness (QED) is 0.675. The molecular formula is C17H23N3OS. The summed E-state index contributed by atoms with van der Waals surface area (Å²) in [6, 6.07) is 10.2. The van der Waals surface area contributed by atoms with E-state index in [0.717, 1.165) is 18.0 Å². The third-order valence-corrected chi connectivity index (χ3v) is 5.35. The number of nitrogens with two attached hydrogens (primary N) is 1. The molecule has 2 aromatic rings. The van der Waals surface area contributed by atoms with E-state index in [9.17, 15) is 5.11 Å². The van der Waals surface area contributed by atoms with Crippen LogP contribution in [0.25, 0.3) is 10.1 Å². The molecule has 1 unspecified atom stereocenters. The van der Waals surface area contributed by atoms with Gasteiger partial charge in [-0.05, 0) is 30.4 Å². The third kappa shape index (κ3) is 3.59. The van der Waals surface area contributed by atoms with Crippen molar-refractivity contribution in [2.75, 3.05) is 19.6 Å². The molecule has 3 N–H and O–H groups in total. The Hall–Kier alpha value is -1.59. The Bertz CT molecular complexity index is 611. The number of aliphatic hydroxyl groups excluding tert-OH is 1. The van der Waals surface area contributed by atoms with Gasteiger partial charge >= 0.3 is 0 Å². The molecular weight excluding hydrogens is 294 g/mol. The van der Waals surface area contributed by atoms with Crippen molar-refractivity contribution in [3.05, 3.63) is 35.2 Å². The molecule has 118 valence electrons. The summed E-state index contributed by atoms with van der Waals surface area (Å²) in [6.45, 7) is 2.29. The van der Waals surface area contributed by atoms with Crippen molar-refractivity contribution in [2.24, 2.45) is 10.7 Å². The molecule has 0 saturated carbocycles. The summed E-state index contributed by atoms with van der Waals surface area (Å²) >= 11 is 1.62. The molecule has 1 aliphatic heterocycles. The van der Waals surface area contributed by atoms with Crippen molar-refractivity contribution in [2.45, 2.75) is 31.8 Å². The van der Waals surface area contributed by atoms with Gasteiger partial charge in [0.2, 0.25) is 0 Å². The molecule has 1 saturated heterocycles. The van der Waals surface area contributed by atoms with Crippen LogP contribution in [0.2, 0.25) is 0 Å². The Morgan fingerprint density at radius 2 is 1.95 bits per heavy atom. The Morgan fingerprint density at radius 3 is 2.68 bits per heavy atom. The number of fused-ring (bicyclic) bond motifs is 1. The van der Waals surface area contributed by atoms with E-state index < -0.39 is 6.10 Å². The van der Waals surface area contributed by atoms with Crippen molar-refractivity contribution in [3.63, 3.8) is 0 Å². The van der Waals surface area contributed by atoms with Crippen LogP contribution in [0.15, 0.2) is 35.3 Å². The monoisotopic (exact) mass is 317 g/mol. The number of guanidine groups is 1. The highest BCUT2D eigenvalue weighted by atomic mass is 32.1. The second kappa shape index (κ2) is 7.11. The maximum atomic E-state index is 10.4. The highest BCUT2D eigenvalue weighted by Crippen LogP contribution is 2.29. The van der Waals surface area contributed by atoms with Crippen molar-refractivity contribution in [1.29, 1.82) is 0 Å². The van der Waals surface area contributed by atoms with E-state index in [1.165, 1.54) is 35.8 Å². The molecule has 0 aliphatic carbocycles. The fraction of sp³-hybridized carbons (Fsp3) is 0.471. The normalized spacial score (nSPS) is 18.4. The van der Waals surface area contributed by atoms with Gasteiger partial charge in [0.05, 0.1) is 6.54 Å². The van der Waals surface area contributed by atoms with Crippen molar-refractivity contribution < 1.29 is 5.11 Å². The number of rotatable bonds is 3. The SMILES string of the molecule is NC(=NCC(O)c1cc2ccccc2s1)N1CCCCCC1. The molecule has 1 aliphatic rings. The summed E-state index contributed by atoms with van der Waals surface area (Å²) in [6.07, 6.45) is 4.31. The molecule has 0 radical (unpaired) electrons. The van der Waals surface area contributed by atoms with Crippen LogP contribution in [-0.4, -0.2) is 35.6 Å². The maximum absolute atomic E-state index is 10.4. The second-order valence-electron chi connectivity index (χ2n) is 5.80. The lowest BCUT2D eigenvalue weighted by Crippen LogP contribution is -2.38. The topological polar surface area (TPSA) is 61.9 Å². The predicted molar refractivity (Wildman–Crippen MR) is 93.3 cm³/mol. The van der Waals surface area contributed by atoms with Crippen LogP contribution in [0.3, 0.4) is 0 Å². The smallest absolute Gasteiger partial charge is 0.191 e. The van der Waals surface area contributed by atoms with Gasteiger partial charge in [0.25, 0.3) is 0 Å². The fourth-order valence-corrected chi connectivity index (χ4v) is 3.88. The number of aliphatic hydroxyl groups is 1. The number of aliphatic imine (C=N–C) groups is 1. The van der Waals surface area contributed by atoms with Crippen molar-refractivity contribution in [1.82, 2.24) is 4.90 Å². The van der Waals surface area contributed by atoms with E-state index >= 15 is 0 Å². The Labute approximate surface area is 135 Å². The number of benzene rings is 1. The molecule has 5 heteroatoms. The molecule has 0 amide bonds. The van der Waals surface area contributed by atoms with Crippen molar-refractivity contribution in [3.8, 4) is 0 Å². The highest BCUT2D eigenvalue weighted by molar-refractivity contribution is 7.19. The highest BCUT2D eigenvalue weighted by Gasteiger charge is 2.14. The summed E-state index contributed by atoms with van der Waals surface area (Å²) in [5, 5.41) is 11.5. The van der Waals surface area contributed by atoms with Gasteiger partial charge in [-0.2, -0.15) is 0 Å². The summed E-state index contributed by atoms with van der Waals surface area (Å²) in [5.74, 6) is 0.571. The van der Waals surface area contributed by atoms with Crippen LogP contribution in [0.1, 0.15) is 36.7 Å². The van der Waals surface area contributed by atoms with E-state index in [0.29, 0.717) is 12.5 Å².